The van der Waals surface area contributed by atoms with E-state index in [1.165, 1.54) is 5.56 Å². The number of carbonyl (C=O) groups excluding carboxylic acids is 1. The number of aryl methyl sites for hydroxylation is 2. The van der Waals surface area contributed by atoms with Crippen molar-refractivity contribution in [2.24, 2.45) is 11.8 Å². The predicted molar refractivity (Wildman–Crippen MR) is 166 cm³/mol. The third-order valence-electron chi connectivity index (χ3n) is 7.88. The molecule has 2 aliphatic heterocycles. The minimum atomic E-state index is -1.10. The largest absolute Gasteiger partial charge is 0.456 e. The molecule has 5 nitrogen and oxygen atoms in total. The third kappa shape index (κ3) is 4.73. The summed E-state index contributed by atoms with van der Waals surface area (Å²) in [5.41, 5.74) is 7.26. The van der Waals surface area contributed by atoms with Crippen LogP contribution in [0, 0.1) is 25.7 Å². The fourth-order valence-electron chi connectivity index (χ4n) is 6.18. The van der Waals surface area contributed by atoms with Crippen LogP contribution in [0.25, 0.3) is 0 Å². The van der Waals surface area contributed by atoms with Gasteiger partial charge in [0, 0.05) is 52.9 Å². The van der Waals surface area contributed by atoms with E-state index in [0.29, 0.717) is 23.1 Å². The van der Waals surface area contributed by atoms with Crippen molar-refractivity contribution >= 4 is 23.0 Å². The van der Waals surface area contributed by atoms with Crippen molar-refractivity contribution in [2.45, 2.75) is 47.1 Å². The van der Waals surface area contributed by atoms with Crippen molar-refractivity contribution in [3.63, 3.8) is 0 Å². The van der Waals surface area contributed by atoms with Crippen LogP contribution >= 0.6 is 0 Å². The molecular formula is C36H38N2O3. The molecule has 4 aromatic carbocycles. The van der Waals surface area contributed by atoms with E-state index < -0.39 is 5.60 Å². The Kier molecular flexibility index (Phi) is 6.77. The predicted octanol–water partition coefficient (Wildman–Crippen LogP) is 8.73. The van der Waals surface area contributed by atoms with Gasteiger partial charge in [0.05, 0.1) is 5.56 Å². The van der Waals surface area contributed by atoms with Crippen LogP contribution in [0.15, 0.2) is 78.9 Å². The van der Waals surface area contributed by atoms with Crippen molar-refractivity contribution in [3.05, 3.63) is 112 Å². The number of rotatable bonds is 7. The molecule has 0 aromatic heterocycles. The van der Waals surface area contributed by atoms with Gasteiger partial charge in [-0.25, -0.2) is 4.79 Å². The first kappa shape index (κ1) is 26.9. The summed E-state index contributed by atoms with van der Waals surface area (Å²) < 4.78 is 13.1. The highest BCUT2D eigenvalue weighted by Crippen LogP contribution is 2.57. The molecular weight excluding hydrogens is 508 g/mol. The Hall–Kier alpha value is -4.25. The first-order chi connectivity index (χ1) is 19.7. The molecule has 5 heteroatoms. The van der Waals surface area contributed by atoms with Gasteiger partial charge in [0.2, 0.25) is 0 Å². The second-order valence-corrected chi connectivity index (χ2v) is 12.2. The minimum Gasteiger partial charge on any atom is -0.456 e. The van der Waals surface area contributed by atoms with Crippen LogP contribution in [0.3, 0.4) is 0 Å². The zero-order valence-corrected chi connectivity index (χ0v) is 24.7. The van der Waals surface area contributed by atoms with E-state index in [9.17, 15) is 4.79 Å². The average Bonchev–Trinajstić information content (AvgIpc) is 3.21. The number of fused-ring (bicyclic) bond motifs is 6. The average molecular weight is 547 g/mol. The van der Waals surface area contributed by atoms with Crippen LogP contribution in [-0.4, -0.2) is 19.1 Å². The number of hydrogen-bond acceptors (Lipinski definition) is 5. The Bertz CT molecular complexity index is 1630. The molecule has 2 heterocycles. The summed E-state index contributed by atoms with van der Waals surface area (Å²) in [4.78, 5) is 15.8. The fraction of sp³-hybridized carbons (Fsp3) is 0.306. The molecule has 0 saturated heterocycles. The first-order valence-electron chi connectivity index (χ1n) is 14.5. The van der Waals surface area contributed by atoms with Crippen LogP contribution in [0.1, 0.15) is 65.9 Å². The molecule has 0 aliphatic carbocycles. The summed E-state index contributed by atoms with van der Waals surface area (Å²) in [5.74, 6) is 2.13. The monoisotopic (exact) mass is 546 g/mol. The molecule has 1 N–H and O–H groups in total. The SMILES string of the molecule is Cc1cccc(Nc2cc3c(cc2C)Oc2cc(N(CC(C)C)CC(C)C)ccc2C32OC(=O)c3ccccc32)c1. The molecule has 0 bridgehead atoms. The van der Waals surface area contributed by atoms with E-state index in [4.69, 9.17) is 9.47 Å². The Morgan fingerprint density at radius 2 is 1.51 bits per heavy atom. The Labute approximate surface area is 243 Å². The van der Waals surface area contributed by atoms with Gasteiger partial charge in [-0.3, -0.25) is 0 Å². The lowest BCUT2D eigenvalue weighted by molar-refractivity contribution is 0.0224. The third-order valence-corrected chi connectivity index (χ3v) is 7.88. The molecule has 4 aromatic rings. The van der Waals surface area contributed by atoms with E-state index in [0.717, 1.165) is 58.2 Å². The van der Waals surface area contributed by atoms with Gasteiger partial charge in [-0.15, -0.1) is 0 Å². The first-order valence-corrected chi connectivity index (χ1v) is 14.5. The maximum absolute atomic E-state index is 13.4. The Morgan fingerprint density at radius 3 is 2.24 bits per heavy atom. The summed E-state index contributed by atoms with van der Waals surface area (Å²) in [6.45, 7) is 15.0. The second-order valence-electron chi connectivity index (χ2n) is 12.2. The lowest BCUT2D eigenvalue weighted by Crippen LogP contribution is -2.34. The smallest absolute Gasteiger partial charge is 0.340 e. The van der Waals surface area contributed by atoms with Crippen LogP contribution in [0.2, 0.25) is 0 Å². The standard InChI is InChI=1S/C36H38N2O3/c1-22(2)20-38(21-23(3)4)27-14-15-30-34(18-27)40-33-17-25(6)32(37-26-11-9-10-24(5)16-26)19-31(33)36(30)29-13-8-7-12-28(29)35(39)41-36/h7-19,22-23,37H,20-21H2,1-6H3. The van der Waals surface area contributed by atoms with Gasteiger partial charge in [-0.1, -0.05) is 58.0 Å². The summed E-state index contributed by atoms with van der Waals surface area (Å²) in [7, 11) is 0. The Morgan fingerprint density at radius 1 is 0.780 bits per heavy atom. The van der Waals surface area contributed by atoms with Crippen LogP contribution < -0.4 is 15.0 Å². The number of anilines is 3. The maximum Gasteiger partial charge on any atom is 0.340 e. The Balaban J connectivity index is 1.53. The van der Waals surface area contributed by atoms with E-state index in [1.54, 1.807) is 0 Å². The molecule has 1 unspecified atom stereocenters. The topological polar surface area (TPSA) is 50.8 Å². The number of hydrogen-bond donors (Lipinski definition) is 1. The van der Waals surface area contributed by atoms with Crippen LogP contribution in [-0.2, 0) is 10.3 Å². The van der Waals surface area contributed by atoms with Crippen molar-refractivity contribution in [1.29, 1.82) is 0 Å². The second kappa shape index (κ2) is 10.3. The van der Waals surface area contributed by atoms with Crippen molar-refractivity contribution in [1.82, 2.24) is 0 Å². The van der Waals surface area contributed by atoms with Crippen LogP contribution in [0.4, 0.5) is 17.1 Å². The zero-order chi connectivity index (χ0) is 28.9. The molecule has 6 rings (SSSR count). The summed E-state index contributed by atoms with van der Waals surface area (Å²) in [6, 6.07) is 26.5. The number of nitrogens with one attached hydrogen (secondary N) is 1. The van der Waals surface area contributed by atoms with Gasteiger partial charge in [0.25, 0.3) is 0 Å². The van der Waals surface area contributed by atoms with E-state index in [1.807, 2.05) is 30.3 Å². The highest BCUT2D eigenvalue weighted by Gasteiger charge is 2.53. The van der Waals surface area contributed by atoms with Gasteiger partial charge in [-0.05, 0) is 79.3 Å². The molecule has 0 saturated carbocycles. The van der Waals surface area contributed by atoms with Gasteiger partial charge in [0.15, 0.2) is 5.60 Å². The van der Waals surface area contributed by atoms with Crippen molar-refractivity contribution < 1.29 is 14.3 Å². The highest BCUT2D eigenvalue weighted by molar-refractivity contribution is 5.97. The molecule has 0 fully saturated rings. The van der Waals surface area contributed by atoms with Gasteiger partial charge in [-0.2, -0.15) is 0 Å². The highest BCUT2D eigenvalue weighted by atomic mass is 16.6. The van der Waals surface area contributed by atoms with E-state index >= 15 is 0 Å². The molecule has 210 valence electrons. The van der Waals surface area contributed by atoms with E-state index in [2.05, 4.69) is 100 Å². The normalized spacial score (nSPS) is 16.7. The molecule has 2 aliphatic rings. The molecule has 41 heavy (non-hydrogen) atoms. The molecule has 1 spiro atoms. The minimum absolute atomic E-state index is 0.321. The lowest BCUT2D eigenvalue weighted by Gasteiger charge is -2.38. The summed E-state index contributed by atoms with van der Waals surface area (Å²) >= 11 is 0. The van der Waals surface area contributed by atoms with Crippen LogP contribution in [0.5, 0.6) is 11.5 Å². The number of carbonyl (C=O) groups is 1. The van der Waals surface area contributed by atoms with Gasteiger partial charge < -0.3 is 19.7 Å². The summed E-state index contributed by atoms with van der Waals surface area (Å²) in [5, 5.41) is 3.59. The molecule has 0 radical (unpaired) electrons. The fourth-order valence-corrected chi connectivity index (χ4v) is 6.18. The zero-order valence-electron chi connectivity index (χ0n) is 24.7. The quantitative estimate of drug-likeness (QED) is 0.235. The number of benzene rings is 4. The van der Waals surface area contributed by atoms with Crippen molar-refractivity contribution in [3.8, 4) is 11.5 Å². The number of ether oxygens (including phenoxy) is 2. The molecule has 1 atom stereocenters. The van der Waals surface area contributed by atoms with Gasteiger partial charge >= 0.3 is 5.97 Å². The summed E-state index contributed by atoms with van der Waals surface area (Å²) in [6.07, 6.45) is 0. The maximum atomic E-state index is 13.4. The van der Waals surface area contributed by atoms with Gasteiger partial charge in [0.1, 0.15) is 11.5 Å². The number of esters is 1. The lowest BCUT2D eigenvalue weighted by atomic mass is 9.77. The van der Waals surface area contributed by atoms with Crippen molar-refractivity contribution in [2.75, 3.05) is 23.3 Å². The number of nitrogens with zero attached hydrogens (tertiary/aromatic N) is 1. The van der Waals surface area contributed by atoms with E-state index in [-0.39, 0.29) is 5.97 Å². The molecule has 0 amide bonds.